The molecule has 1 amide bonds. The van der Waals surface area contributed by atoms with Crippen molar-refractivity contribution in [2.75, 3.05) is 7.05 Å². The normalized spacial score (nSPS) is 12.2. The maximum absolute atomic E-state index is 12.4. The second kappa shape index (κ2) is 7.00. The van der Waals surface area contributed by atoms with E-state index in [1.807, 2.05) is 51.5 Å². The Labute approximate surface area is 134 Å². The van der Waals surface area contributed by atoms with E-state index in [9.17, 15) is 4.79 Å². The largest absolute Gasteiger partial charge is 0.340 e. The highest BCUT2D eigenvalue weighted by molar-refractivity contribution is 8.00. The molecule has 0 saturated heterocycles. The molecule has 0 aliphatic heterocycles. The van der Waals surface area contributed by atoms with Crippen LogP contribution >= 0.6 is 23.4 Å². The Balaban J connectivity index is 1.93. The zero-order chi connectivity index (χ0) is 15.4. The standard InChI is InChI=1S/C15H18ClN3OS/c1-11(21-14-6-4-13(16)5-7-14)15(20)18(2)9-12-8-17-19(3)10-12/h4-8,10-11H,9H2,1-3H3. The lowest BCUT2D eigenvalue weighted by Crippen LogP contribution is -2.32. The van der Waals surface area contributed by atoms with Gasteiger partial charge < -0.3 is 4.90 Å². The van der Waals surface area contributed by atoms with Crippen LogP contribution in [0.3, 0.4) is 0 Å². The third-order valence-electron chi connectivity index (χ3n) is 3.03. The van der Waals surface area contributed by atoms with Crippen LogP contribution in [0.4, 0.5) is 0 Å². The second-order valence-corrected chi connectivity index (χ2v) is 6.78. The zero-order valence-corrected chi connectivity index (χ0v) is 13.9. The first-order valence-electron chi connectivity index (χ1n) is 6.60. The van der Waals surface area contributed by atoms with Crippen molar-refractivity contribution in [2.45, 2.75) is 23.6 Å². The van der Waals surface area contributed by atoms with E-state index in [1.54, 1.807) is 15.8 Å². The first kappa shape index (κ1) is 15.9. The summed E-state index contributed by atoms with van der Waals surface area (Å²) in [4.78, 5) is 15.1. The van der Waals surface area contributed by atoms with Gasteiger partial charge in [0.2, 0.25) is 5.91 Å². The number of amides is 1. The minimum Gasteiger partial charge on any atom is -0.340 e. The Bertz CT molecular complexity index is 612. The summed E-state index contributed by atoms with van der Waals surface area (Å²) in [5.74, 6) is 0.0961. The maximum Gasteiger partial charge on any atom is 0.235 e. The van der Waals surface area contributed by atoms with Gasteiger partial charge in [0, 0.05) is 42.3 Å². The van der Waals surface area contributed by atoms with E-state index < -0.39 is 0 Å². The molecule has 0 bridgehead atoms. The Hall–Kier alpha value is -1.46. The first-order chi connectivity index (χ1) is 9.95. The first-order valence-corrected chi connectivity index (χ1v) is 7.86. The zero-order valence-electron chi connectivity index (χ0n) is 12.3. The van der Waals surface area contributed by atoms with Crippen molar-refractivity contribution in [2.24, 2.45) is 7.05 Å². The van der Waals surface area contributed by atoms with Gasteiger partial charge in [-0.05, 0) is 31.2 Å². The number of hydrogen-bond acceptors (Lipinski definition) is 3. The quantitative estimate of drug-likeness (QED) is 0.793. The van der Waals surface area contributed by atoms with Crippen molar-refractivity contribution in [3.63, 3.8) is 0 Å². The highest BCUT2D eigenvalue weighted by atomic mass is 35.5. The van der Waals surface area contributed by atoms with Gasteiger partial charge in [-0.2, -0.15) is 5.10 Å². The number of carbonyl (C=O) groups excluding carboxylic acids is 1. The minimum atomic E-state index is -0.146. The molecule has 21 heavy (non-hydrogen) atoms. The predicted octanol–water partition coefficient (Wildman–Crippen LogP) is 3.21. The van der Waals surface area contributed by atoms with Crippen molar-refractivity contribution < 1.29 is 4.79 Å². The number of nitrogens with zero attached hydrogens (tertiary/aromatic N) is 3. The van der Waals surface area contributed by atoms with E-state index in [0.717, 1.165) is 10.5 Å². The third kappa shape index (κ3) is 4.51. The van der Waals surface area contributed by atoms with Crippen molar-refractivity contribution in [3.05, 3.63) is 47.2 Å². The van der Waals surface area contributed by atoms with Crippen LogP contribution in [0.5, 0.6) is 0 Å². The van der Waals surface area contributed by atoms with Crippen molar-refractivity contribution in [3.8, 4) is 0 Å². The van der Waals surface area contributed by atoms with E-state index in [1.165, 1.54) is 11.8 Å². The molecule has 112 valence electrons. The highest BCUT2D eigenvalue weighted by Gasteiger charge is 2.19. The Morgan fingerprint density at radius 1 is 1.43 bits per heavy atom. The number of halogens is 1. The highest BCUT2D eigenvalue weighted by Crippen LogP contribution is 2.25. The van der Waals surface area contributed by atoms with Gasteiger partial charge in [0.25, 0.3) is 0 Å². The van der Waals surface area contributed by atoms with Gasteiger partial charge in [-0.15, -0.1) is 11.8 Å². The van der Waals surface area contributed by atoms with Crippen molar-refractivity contribution in [1.29, 1.82) is 0 Å². The number of benzene rings is 1. The van der Waals surface area contributed by atoms with Crippen LogP contribution in [0.1, 0.15) is 12.5 Å². The lowest BCUT2D eigenvalue weighted by atomic mass is 10.3. The molecule has 0 aliphatic carbocycles. The topological polar surface area (TPSA) is 38.1 Å². The monoisotopic (exact) mass is 323 g/mol. The Morgan fingerprint density at radius 3 is 2.67 bits per heavy atom. The number of thioether (sulfide) groups is 1. The van der Waals surface area contributed by atoms with Crippen molar-refractivity contribution in [1.82, 2.24) is 14.7 Å². The fraction of sp³-hybridized carbons (Fsp3) is 0.333. The van der Waals surface area contributed by atoms with Gasteiger partial charge in [-0.1, -0.05) is 11.6 Å². The van der Waals surface area contributed by atoms with E-state index in [4.69, 9.17) is 11.6 Å². The average Bonchev–Trinajstić information content (AvgIpc) is 2.85. The summed E-state index contributed by atoms with van der Waals surface area (Å²) >= 11 is 7.39. The lowest BCUT2D eigenvalue weighted by Gasteiger charge is -2.20. The molecule has 0 radical (unpaired) electrons. The van der Waals surface area contributed by atoms with E-state index in [0.29, 0.717) is 11.6 Å². The number of aryl methyl sites for hydroxylation is 1. The Kier molecular flexibility index (Phi) is 5.31. The predicted molar refractivity (Wildman–Crippen MR) is 86.5 cm³/mol. The fourth-order valence-electron chi connectivity index (χ4n) is 1.98. The van der Waals surface area contributed by atoms with Crippen LogP contribution in [-0.4, -0.2) is 32.9 Å². The summed E-state index contributed by atoms with van der Waals surface area (Å²) in [6.45, 7) is 2.49. The molecule has 1 aromatic heterocycles. The van der Waals surface area contributed by atoms with E-state index >= 15 is 0 Å². The molecule has 6 heteroatoms. The number of aromatic nitrogens is 2. The molecule has 0 N–H and O–H groups in total. The SMILES string of the molecule is CC(Sc1ccc(Cl)cc1)C(=O)N(C)Cc1cnn(C)c1. The molecule has 0 aliphatic rings. The number of rotatable bonds is 5. The van der Waals surface area contributed by atoms with Gasteiger partial charge in [0.1, 0.15) is 0 Å². The molecule has 2 rings (SSSR count). The van der Waals surface area contributed by atoms with Crippen LogP contribution in [0.25, 0.3) is 0 Å². The fourth-order valence-corrected chi connectivity index (χ4v) is 3.09. The molecule has 2 aromatic rings. The number of carbonyl (C=O) groups is 1. The van der Waals surface area contributed by atoms with Crippen molar-refractivity contribution >= 4 is 29.3 Å². The lowest BCUT2D eigenvalue weighted by molar-refractivity contribution is -0.129. The summed E-state index contributed by atoms with van der Waals surface area (Å²) in [6, 6.07) is 7.52. The molecule has 1 atom stereocenters. The third-order valence-corrected chi connectivity index (χ3v) is 4.38. The van der Waals surface area contributed by atoms with Crippen LogP contribution in [-0.2, 0) is 18.4 Å². The molecule has 1 heterocycles. The molecule has 0 spiro atoms. The average molecular weight is 324 g/mol. The summed E-state index contributed by atoms with van der Waals surface area (Å²) in [7, 11) is 3.68. The Morgan fingerprint density at radius 2 is 2.10 bits per heavy atom. The van der Waals surface area contributed by atoms with Crippen LogP contribution in [0, 0.1) is 0 Å². The van der Waals surface area contributed by atoms with Gasteiger partial charge in [-0.25, -0.2) is 0 Å². The molecule has 0 fully saturated rings. The van der Waals surface area contributed by atoms with Gasteiger partial charge in [0.15, 0.2) is 0 Å². The van der Waals surface area contributed by atoms with E-state index in [-0.39, 0.29) is 11.2 Å². The van der Waals surface area contributed by atoms with Crippen LogP contribution < -0.4 is 0 Å². The molecule has 1 aromatic carbocycles. The molecule has 0 saturated carbocycles. The van der Waals surface area contributed by atoms with Crippen LogP contribution in [0.2, 0.25) is 5.02 Å². The van der Waals surface area contributed by atoms with E-state index in [2.05, 4.69) is 5.10 Å². The summed E-state index contributed by atoms with van der Waals surface area (Å²) in [5, 5.41) is 4.67. The number of hydrogen-bond donors (Lipinski definition) is 0. The minimum absolute atomic E-state index is 0.0961. The van der Waals surface area contributed by atoms with Gasteiger partial charge >= 0.3 is 0 Å². The summed E-state index contributed by atoms with van der Waals surface area (Å²) in [6.07, 6.45) is 3.70. The molecular weight excluding hydrogens is 306 g/mol. The molecular formula is C15H18ClN3OS. The van der Waals surface area contributed by atoms with Crippen LogP contribution in [0.15, 0.2) is 41.6 Å². The summed E-state index contributed by atoms with van der Waals surface area (Å²) in [5.41, 5.74) is 1.03. The van der Waals surface area contributed by atoms with Gasteiger partial charge in [-0.3, -0.25) is 9.48 Å². The molecule has 4 nitrogen and oxygen atoms in total. The summed E-state index contributed by atoms with van der Waals surface area (Å²) < 4.78 is 1.74. The van der Waals surface area contributed by atoms with Gasteiger partial charge in [0.05, 0.1) is 11.4 Å². The smallest absolute Gasteiger partial charge is 0.235 e. The molecule has 1 unspecified atom stereocenters. The second-order valence-electron chi connectivity index (χ2n) is 4.93. The maximum atomic E-state index is 12.4.